The zero-order chi connectivity index (χ0) is 19.6. The first-order chi connectivity index (χ1) is 13.5. The molecule has 142 valence electrons. The third-order valence-electron chi connectivity index (χ3n) is 4.99. The lowest BCUT2D eigenvalue weighted by atomic mass is 10.0. The van der Waals surface area contributed by atoms with Gasteiger partial charge in [-0.05, 0) is 54.3 Å². The number of benzene rings is 3. The maximum Gasteiger partial charge on any atom is 0.258 e. The molecule has 1 aliphatic heterocycles. The standard InChI is InChI=1S/C23H21NO3S/c25-23(24-15-7-11-19-9-4-5-14-22(19)24)20-10-6-8-18(16-20)17-28(26,27)21-12-2-1-3-13-21/h1-6,8-10,12-14,16H,7,11,15,17H2. The number of fused-ring (bicyclic) bond motifs is 1. The van der Waals surface area contributed by atoms with Crippen LogP contribution >= 0.6 is 0 Å². The molecule has 3 aromatic carbocycles. The van der Waals surface area contributed by atoms with Gasteiger partial charge in [0.25, 0.3) is 5.91 Å². The average Bonchev–Trinajstić information content (AvgIpc) is 2.73. The van der Waals surface area contributed by atoms with Gasteiger partial charge in [0.2, 0.25) is 0 Å². The summed E-state index contributed by atoms with van der Waals surface area (Å²) in [6.45, 7) is 0.669. The number of sulfone groups is 1. The lowest BCUT2D eigenvalue weighted by Crippen LogP contribution is -2.35. The van der Waals surface area contributed by atoms with Gasteiger partial charge in [-0.2, -0.15) is 0 Å². The minimum atomic E-state index is -3.45. The van der Waals surface area contributed by atoms with Gasteiger partial charge in [0.15, 0.2) is 9.84 Å². The van der Waals surface area contributed by atoms with Crippen LogP contribution in [0.4, 0.5) is 5.69 Å². The normalized spacial score (nSPS) is 13.8. The maximum atomic E-state index is 13.1. The van der Waals surface area contributed by atoms with Gasteiger partial charge >= 0.3 is 0 Å². The fourth-order valence-corrected chi connectivity index (χ4v) is 4.98. The van der Waals surface area contributed by atoms with E-state index >= 15 is 0 Å². The van der Waals surface area contributed by atoms with Crippen LogP contribution in [0.5, 0.6) is 0 Å². The number of para-hydroxylation sites is 1. The van der Waals surface area contributed by atoms with E-state index in [1.54, 1.807) is 59.5 Å². The van der Waals surface area contributed by atoms with Crippen molar-refractivity contribution < 1.29 is 13.2 Å². The first kappa shape index (κ1) is 18.4. The molecule has 0 bridgehead atoms. The molecule has 0 fully saturated rings. The summed E-state index contributed by atoms with van der Waals surface area (Å²) in [5.74, 6) is -0.222. The van der Waals surface area contributed by atoms with Crippen LogP contribution in [-0.4, -0.2) is 20.9 Å². The van der Waals surface area contributed by atoms with Crippen molar-refractivity contribution in [2.75, 3.05) is 11.4 Å². The zero-order valence-corrected chi connectivity index (χ0v) is 16.2. The van der Waals surface area contributed by atoms with Gasteiger partial charge in [-0.3, -0.25) is 4.79 Å². The van der Waals surface area contributed by atoms with E-state index in [0.29, 0.717) is 17.7 Å². The smallest absolute Gasteiger partial charge is 0.258 e. The number of anilines is 1. The van der Waals surface area contributed by atoms with Gasteiger partial charge in [-0.1, -0.05) is 48.5 Å². The van der Waals surface area contributed by atoms with Gasteiger partial charge in [0, 0.05) is 17.8 Å². The van der Waals surface area contributed by atoms with Gasteiger partial charge < -0.3 is 4.90 Å². The highest BCUT2D eigenvalue weighted by Crippen LogP contribution is 2.28. The second kappa shape index (κ2) is 7.60. The number of carbonyl (C=O) groups is 1. The van der Waals surface area contributed by atoms with Crippen molar-refractivity contribution in [3.63, 3.8) is 0 Å². The summed E-state index contributed by atoms with van der Waals surface area (Å²) in [6.07, 6.45) is 1.89. The number of aryl methyl sites for hydroxylation is 1. The van der Waals surface area contributed by atoms with E-state index in [-0.39, 0.29) is 16.6 Å². The van der Waals surface area contributed by atoms with Gasteiger partial charge in [0.1, 0.15) is 0 Å². The number of carbonyl (C=O) groups excluding carboxylic acids is 1. The molecule has 28 heavy (non-hydrogen) atoms. The molecule has 4 rings (SSSR count). The van der Waals surface area contributed by atoms with Crippen molar-refractivity contribution in [2.24, 2.45) is 0 Å². The Bertz CT molecular complexity index is 1110. The minimum absolute atomic E-state index is 0.0916. The molecule has 0 radical (unpaired) electrons. The number of nitrogens with zero attached hydrogens (tertiary/aromatic N) is 1. The molecule has 1 aliphatic rings. The summed E-state index contributed by atoms with van der Waals surface area (Å²) in [5, 5.41) is 0. The number of amides is 1. The van der Waals surface area contributed by atoms with Crippen molar-refractivity contribution in [1.82, 2.24) is 0 Å². The Labute approximate surface area is 165 Å². The second-order valence-corrected chi connectivity index (χ2v) is 8.95. The maximum absolute atomic E-state index is 13.1. The van der Waals surface area contributed by atoms with Crippen LogP contribution in [0.25, 0.3) is 0 Å². The third kappa shape index (κ3) is 3.71. The van der Waals surface area contributed by atoms with Crippen LogP contribution in [-0.2, 0) is 22.0 Å². The predicted molar refractivity (Wildman–Crippen MR) is 110 cm³/mol. The fraction of sp³-hybridized carbons (Fsp3) is 0.174. The van der Waals surface area contributed by atoms with E-state index in [2.05, 4.69) is 6.07 Å². The van der Waals surface area contributed by atoms with E-state index in [1.807, 2.05) is 18.2 Å². The van der Waals surface area contributed by atoms with E-state index in [0.717, 1.165) is 18.5 Å². The van der Waals surface area contributed by atoms with E-state index in [4.69, 9.17) is 0 Å². The van der Waals surface area contributed by atoms with Crippen molar-refractivity contribution >= 4 is 21.4 Å². The van der Waals surface area contributed by atoms with Crippen LogP contribution in [0.1, 0.15) is 27.9 Å². The molecule has 0 aliphatic carbocycles. The molecule has 1 amide bonds. The molecular formula is C23H21NO3S. The first-order valence-electron chi connectivity index (χ1n) is 9.31. The second-order valence-electron chi connectivity index (χ2n) is 6.96. The Morgan fingerprint density at radius 2 is 1.64 bits per heavy atom. The van der Waals surface area contributed by atoms with E-state index < -0.39 is 9.84 Å². The van der Waals surface area contributed by atoms with Crippen molar-refractivity contribution in [3.8, 4) is 0 Å². The topological polar surface area (TPSA) is 54.5 Å². The summed E-state index contributed by atoms with van der Waals surface area (Å²) in [6, 6.07) is 23.3. The van der Waals surface area contributed by atoms with Crippen molar-refractivity contribution in [3.05, 3.63) is 95.6 Å². The van der Waals surface area contributed by atoms with E-state index in [1.165, 1.54) is 5.56 Å². The SMILES string of the molecule is O=C(c1cccc(CS(=O)(=O)c2ccccc2)c1)N1CCCc2ccccc21. The van der Waals surface area contributed by atoms with Crippen LogP contribution in [0.15, 0.2) is 83.8 Å². The molecule has 4 nitrogen and oxygen atoms in total. The number of hydrogen-bond acceptors (Lipinski definition) is 3. The Kier molecular flexibility index (Phi) is 5.01. The lowest BCUT2D eigenvalue weighted by Gasteiger charge is -2.29. The van der Waals surface area contributed by atoms with Crippen molar-refractivity contribution in [1.29, 1.82) is 0 Å². The monoisotopic (exact) mass is 391 g/mol. The van der Waals surface area contributed by atoms with Gasteiger partial charge in [-0.25, -0.2) is 8.42 Å². The average molecular weight is 391 g/mol. The molecule has 0 spiro atoms. The van der Waals surface area contributed by atoms with Gasteiger partial charge in [-0.15, -0.1) is 0 Å². The summed E-state index contributed by atoms with van der Waals surface area (Å²) < 4.78 is 25.3. The Morgan fingerprint density at radius 1 is 0.893 bits per heavy atom. The third-order valence-corrected chi connectivity index (χ3v) is 6.69. The molecule has 0 atom stereocenters. The van der Waals surface area contributed by atoms with Crippen LogP contribution in [0.2, 0.25) is 0 Å². The van der Waals surface area contributed by atoms with E-state index in [9.17, 15) is 13.2 Å². The molecule has 5 heteroatoms. The Morgan fingerprint density at radius 3 is 2.46 bits per heavy atom. The molecule has 0 unspecified atom stereocenters. The highest BCUT2D eigenvalue weighted by Gasteiger charge is 2.24. The van der Waals surface area contributed by atoms with Crippen LogP contribution in [0.3, 0.4) is 0 Å². The summed E-state index contributed by atoms with van der Waals surface area (Å²) in [4.78, 5) is 15.2. The minimum Gasteiger partial charge on any atom is -0.308 e. The quantitative estimate of drug-likeness (QED) is 0.668. The summed E-state index contributed by atoms with van der Waals surface area (Å²) >= 11 is 0. The molecule has 0 saturated heterocycles. The molecule has 0 saturated carbocycles. The molecular weight excluding hydrogens is 370 g/mol. The highest BCUT2D eigenvalue weighted by atomic mass is 32.2. The highest BCUT2D eigenvalue weighted by molar-refractivity contribution is 7.90. The molecule has 1 heterocycles. The largest absolute Gasteiger partial charge is 0.308 e. The van der Waals surface area contributed by atoms with Crippen LogP contribution < -0.4 is 4.90 Å². The summed E-state index contributed by atoms with van der Waals surface area (Å²) in [7, 11) is -3.45. The fourth-order valence-electron chi connectivity index (χ4n) is 3.63. The molecule has 3 aromatic rings. The zero-order valence-electron chi connectivity index (χ0n) is 15.4. The Balaban J connectivity index is 1.60. The Hall–Kier alpha value is -2.92. The predicted octanol–water partition coefficient (Wildman–Crippen LogP) is 4.25. The number of rotatable bonds is 4. The molecule has 0 N–H and O–H groups in total. The number of hydrogen-bond donors (Lipinski definition) is 0. The lowest BCUT2D eigenvalue weighted by molar-refractivity contribution is 0.0985. The first-order valence-corrected chi connectivity index (χ1v) is 11.0. The van der Waals surface area contributed by atoms with Crippen LogP contribution in [0, 0.1) is 0 Å². The van der Waals surface area contributed by atoms with Crippen molar-refractivity contribution in [2.45, 2.75) is 23.5 Å². The molecule has 0 aromatic heterocycles. The van der Waals surface area contributed by atoms with Gasteiger partial charge in [0.05, 0.1) is 10.6 Å². The summed E-state index contributed by atoms with van der Waals surface area (Å²) in [5.41, 5.74) is 3.24.